The Morgan fingerprint density at radius 1 is 1.52 bits per heavy atom. The van der Waals surface area contributed by atoms with E-state index in [-0.39, 0.29) is 12.2 Å². The zero-order valence-electron chi connectivity index (χ0n) is 12.3. The second-order valence-corrected chi connectivity index (χ2v) is 5.78. The SMILES string of the molecule is C=CCOC(=O)c1sc2nc(-c3cccnc3)[nH]c(=O)c2c1C. The summed E-state index contributed by atoms with van der Waals surface area (Å²) in [6.07, 6.45) is 4.75. The van der Waals surface area contributed by atoms with Crippen molar-refractivity contribution in [2.45, 2.75) is 6.92 Å². The van der Waals surface area contributed by atoms with E-state index in [1.807, 2.05) is 0 Å². The van der Waals surface area contributed by atoms with E-state index >= 15 is 0 Å². The van der Waals surface area contributed by atoms with E-state index in [1.54, 1.807) is 31.5 Å². The van der Waals surface area contributed by atoms with Crippen LogP contribution in [-0.4, -0.2) is 27.5 Å². The van der Waals surface area contributed by atoms with Crippen molar-refractivity contribution in [2.24, 2.45) is 0 Å². The van der Waals surface area contributed by atoms with Crippen LogP contribution < -0.4 is 5.56 Å². The summed E-state index contributed by atoms with van der Waals surface area (Å²) < 4.78 is 5.05. The van der Waals surface area contributed by atoms with Crippen molar-refractivity contribution in [2.75, 3.05) is 6.61 Å². The number of carbonyl (C=O) groups is 1. The Hall–Kier alpha value is -2.80. The number of hydrogen-bond acceptors (Lipinski definition) is 6. The van der Waals surface area contributed by atoms with Crippen LogP contribution in [0, 0.1) is 6.92 Å². The van der Waals surface area contributed by atoms with Crippen LogP contribution in [0.5, 0.6) is 0 Å². The van der Waals surface area contributed by atoms with Gasteiger partial charge >= 0.3 is 5.97 Å². The third-order valence-electron chi connectivity index (χ3n) is 3.25. The quantitative estimate of drug-likeness (QED) is 0.588. The standard InChI is InChI=1S/C16H13N3O3S/c1-3-7-22-16(21)12-9(2)11-14(20)18-13(19-15(11)23-12)10-5-4-6-17-8-10/h3-6,8H,1,7H2,2H3,(H,18,19,20). The van der Waals surface area contributed by atoms with Gasteiger partial charge in [-0.2, -0.15) is 0 Å². The molecule has 23 heavy (non-hydrogen) atoms. The van der Waals surface area contributed by atoms with Gasteiger partial charge in [0.15, 0.2) is 0 Å². The Bertz CT molecular complexity index is 944. The fourth-order valence-electron chi connectivity index (χ4n) is 2.18. The first-order chi connectivity index (χ1) is 11.1. The van der Waals surface area contributed by atoms with Crippen molar-refractivity contribution in [3.8, 4) is 11.4 Å². The van der Waals surface area contributed by atoms with Crippen LogP contribution in [0.4, 0.5) is 0 Å². The summed E-state index contributed by atoms with van der Waals surface area (Å²) in [6.45, 7) is 5.34. The van der Waals surface area contributed by atoms with E-state index in [0.29, 0.717) is 32.0 Å². The predicted molar refractivity (Wildman–Crippen MR) is 88.7 cm³/mol. The zero-order valence-corrected chi connectivity index (χ0v) is 13.1. The summed E-state index contributed by atoms with van der Waals surface area (Å²) in [7, 11) is 0. The molecule has 0 unspecified atom stereocenters. The number of nitrogens with zero attached hydrogens (tertiary/aromatic N) is 2. The number of aromatic nitrogens is 3. The number of thiophene rings is 1. The van der Waals surface area contributed by atoms with Gasteiger partial charge in [-0.05, 0) is 24.6 Å². The molecule has 0 spiro atoms. The highest BCUT2D eigenvalue weighted by atomic mass is 32.1. The van der Waals surface area contributed by atoms with E-state index in [1.165, 1.54) is 6.08 Å². The first kappa shape index (κ1) is 15.1. The Balaban J connectivity index is 2.13. The molecule has 3 aromatic rings. The molecule has 0 aliphatic carbocycles. The molecule has 0 amide bonds. The van der Waals surface area contributed by atoms with Crippen molar-refractivity contribution in [3.63, 3.8) is 0 Å². The molecule has 0 atom stereocenters. The lowest BCUT2D eigenvalue weighted by atomic mass is 10.2. The third kappa shape index (κ3) is 2.78. The largest absolute Gasteiger partial charge is 0.457 e. The summed E-state index contributed by atoms with van der Waals surface area (Å²) >= 11 is 1.15. The van der Waals surface area contributed by atoms with E-state index in [4.69, 9.17) is 4.74 Å². The van der Waals surface area contributed by atoms with Gasteiger partial charge in [-0.3, -0.25) is 9.78 Å². The molecule has 6 nitrogen and oxygen atoms in total. The number of H-pyrrole nitrogens is 1. The van der Waals surface area contributed by atoms with Crippen molar-refractivity contribution in [1.82, 2.24) is 15.0 Å². The minimum absolute atomic E-state index is 0.122. The number of hydrogen-bond donors (Lipinski definition) is 1. The lowest BCUT2D eigenvalue weighted by Gasteiger charge is -2.00. The van der Waals surface area contributed by atoms with Crippen molar-refractivity contribution in [1.29, 1.82) is 0 Å². The van der Waals surface area contributed by atoms with Gasteiger partial charge in [0.2, 0.25) is 0 Å². The maximum atomic E-state index is 12.4. The van der Waals surface area contributed by atoms with Crippen molar-refractivity contribution in [3.05, 3.63) is 58.0 Å². The normalized spacial score (nSPS) is 10.7. The molecule has 0 fully saturated rings. The molecule has 3 rings (SSSR count). The molecule has 0 bridgehead atoms. The summed E-state index contributed by atoms with van der Waals surface area (Å²) in [5.41, 5.74) is 0.990. The molecule has 116 valence electrons. The number of carbonyl (C=O) groups excluding carboxylic acids is 1. The maximum absolute atomic E-state index is 12.4. The van der Waals surface area contributed by atoms with Crippen LogP contribution in [0.25, 0.3) is 21.6 Å². The lowest BCUT2D eigenvalue weighted by molar-refractivity contribution is 0.0555. The summed E-state index contributed by atoms with van der Waals surface area (Å²) in [5.74, 6) is -0.0596. The smallest absolute Gasteiger partial charge is 0.348 e. The van der Waals surface area contributed by atoms with Crippen LogP contribution >= 0.6 is 11.3 Å². The van der Waals surface area contributed by atoms with E-state index in [0.717, 1.165) is 11.3 Å². The summed E-state index contributed by atoms with van der Waals surface area (Å²) in [4.78, 5) is 36.5. The average molecular weight is 327 g/mol. The van der Waals surface area contributed by atoms with Crippen LogP contribution in [0.2, 0.25) is 0 Å². The maximum Gasteiger partial charge on any atom is 0.348 e. The Morgan fingerprint density at radius 2 is 2.35 bits per heavy atom. The highest BCUT2D eigenvalue weighted by Crippen LogP contribution is 2.28. The van der Waals surface area contributed by atoms with Gasteiger partial charge in [-0.1, -0.05) is 12.7 Å². The summed E-state index contributed by atoms with van der Waals surface area (Å²) in [6, 6.07) is 3.56. The average Bonchev–Trinajstić information content (AvgIpc) is 2.91. The van der Waals surface area contributed by atoms with E-state index in [2.05, 4.69) is 21.5 Å². The first-order valence-electron chi connectivity index (χ1n) is 6.83. The molecular formula is C16H13N3O3S. The van der Waals surface area contributed by atoms with Gasteiger partial charge in [0.25, 0.3) is 5.56 Å². The summed E-state index contributed by atoms with van der Waals surface area (Å²) in [5, 5.41) is 0.410. The Morgan fingerprint density at radius 3 is 3.04 bits per heavy atom. The first-order valence-corrected chi connectivity index (χ1v) is 7.65. The van der Waals surface area contributed by atoms with Crippen LogP contribution in [0.1, 0.15) is 15.2 Å². The molecule has 0 aromatic carbocycles. The molecule has 3 heterocycles. The van der Waals surface area contributed by atoms with Gasteiger partial charge in [0.05, 0.1) is 5.39 Å². The monoisotopic (exact) mass is 327 g/mol. The number of rotatable bonds is 4. The minimum atomic E-state index is -0.479. The van der Waals surface area contributed by atoms with Gasteiger partial charge in [-0.15, -0.1) is 11.3 Å². The topological polar surface area (TPSA) is 84.9 Å². The molecule has 0 radical (unpaired) electrons. The van der Waals surface area contributed by atoms with E-state index < -0.39 is 5.97 Å². The minimum Gasteiger partial charge on any atom is -0.457 e. The van der Waals surface area contributed by atoms with Gasteiger partial charge in [0, 0.05) is 18.0 Å². The zero-order chi connectivity index (χ0) is 16.4. The number of fused-ring (bicyclic) bond motifs is 1. The molecule has 7 heteroatoms. The van der Waals surface area contributed by atoms with E-state index in [9.17, 15) is 9.59 Å². The van der Waals surface area contributed by atoms with Crippen LogP contribution in [0.3, 0.4) is 0 Å². The third-order valence-corrected chi connectivity index (χ3v) is 4.42. The van der Waals surface area contributed by atoms with Gasteiger partial charge < -0.3 is 9.72 Å². The number of esters is 1. The highest BCUT2D eigenvalue weighted by Gasteiger charge is 2.20. The number of pyridine rings is 1. The highest BCUT2D eigenvalue weighted by molar-refractivity contribution is 7.20. The number of aromatic amines is 1. The predicted octanol–water partition coefficient (Wildman–Crippen LogP) is 2.70. The Kier molecular flexibility index (Phi) is 4.03. The fraction of sp³-hybridized carbons (Fsp3) is 0.125. The van der Waals surface area contributed by atoms with Crippen molar-refractivity contribution >= 4 is 27.5 Å². The molecule has 3 aromatic heterocycles. The lowest BCUT2D eigenvalue weighted by Crippen LogP contribution is -2.10. The van der Waals surface area contributed by atoms with Crippen LogP contribution in [0.15, 0.2) is 42.0 Å². The fourth-order valence-corrected chi connectivity index (χ4v) is 3.25. The second kappa shape index (κ2) is 6.13. The molecule has 1 N–H and O–H groups in total. The molecule has 0 saturated carbocycles. The number of ether oxygens (including phenoxy) is 1. The van der Waals surface area contributed by atoms with Gasteiger partial charge in [0.1, 0.15) is 22.1 Å². The molecular weight excluding hydrogens is 314 g/mol. The second-order valence-electron chi connectivity index (χ2n) is 4.78. The number of aryl methyl sites for hydroxylation is 1. The number of nitrogens with one attached hydrogen (secondary N) is 1. The van der Waals surface area contributed by atoms with Crippen molar-refractivity contribution < 1.29 is 9.53 Å². The molecule has 0 aliphatic rings. The molecule has 0 aliphatic heterocycles. The van der Waals surface area contributed by atoms with Gasteiger partial charge in [-0.25, -0.2) is 9.78 Å². The molecule has 0 saturated heterocycles. The van der Waals surface area contributed by atoms with Crippen LogP contribution in [-0.2, 0) is 4.74 Å². The Labute approximate surface area is 135 Å².